The molecule has 0 saturated carbocycles. The third-order valence-electron chi connectivity index (χ3n) is 5.99. The number of hydrogen-bond donors (Lipinski definition) is 2. The van der Waals surface area contributed by atoms with Gasteiger partial charge in [0.05, 0.1) is 0 Å². The monoisotopic (exact) mass is 362 g/mol. The topological polar surface area (TPSA) is 49.9 Å². The molecule has 5 rings (SSSR count). The highest BCUT2D eigenvalue weighted by Gasteiger charge is 2.31. The maximum atomic E-state index is 7.60. The lowest BCUT2D eigenvalue weighted by molar-refractivity contribution is 0.834. The number of nitrogens with one attached hydrogen (secondary N) is 1. The maximum Gasteiger partial charge on any atom is 0.122 e. The van der Waals surface area contributed by atoms with E-state index in [9.17, 15) is 0 Å². The standard InChI is InChI=1S/C26H22N2/c27-26(28)19-11-9-18(10-12-19)22-7-4-8-23-24-15-20(17-5-2-1-3-6-17)13-14-21(24)16-25(22)23/h1-14,24H,15-16H2,(H3,27,28). The number of allylic oxidation sites excluding steroid dienone is 4. The molecule has 3 aromatic carbocycles. The molecular formula is C26H22N2. The third kappa shape index (κ3) is 2.78. The van der Waals surface area contributed by atoms with Gasteiger partial charge < -0.3 is 5.73 Å². The van der Waals surface area contributed by atoms with Crippen LogP contribution in [0.25, 0.3) is 16.7 Å². The molecule has 3 N–H and O–H groups in total. The quantitative estimate of drug-likeness (QED) is 0.456. The summed E-state index contributed by atoms with van der Waals surface area (Å²) in [6.07, 6.45) is 6.71. The molecule has 1 atom stereocenters. The summed E-state index contributed by atoms with van der Waals surface area (Å²) < 4.78 is 0. The number of fused-ring (bicyclic) bond motifs is 3. The van der Waals surface area contributed by atoms with Crippen LogP contribution in [0, 0.1) is 5.41 Å². The lowest BCUT2D eigenvalue weighted by Crippen LogP contribution is -2.10. The van der Waals surface area contributed by atoms with E-state index in [1.54, 1.807) is 0 Å². The van der Waals surface area contributed by atoms with Crippen molar-refractivity contribution in [1.29, 1.82) is 5.41 Å². The van der Waals surface area contributed by atoms with Crippen molar-refractivity contribution in [3.05, 3.63) is 113 Å². The van der Waals surface area contributed by atoms with Crippen molar-refractivity contribution < 1.29 is 0 Å². The summed E-state index contributed by atoms with van der Waals surface area (Å²) in [6, 6.07) is 25.4. The second kappa shape index (κ2) is 6.65. The number of nitrogens with two attached hydrogens (primary N) is 1. The van der Waals surface area contributed by atoms with Gasteiger partial charge in [0.1, 0.15) is 5.84 Å². The zero-order valence-corrected chi connectivity index (χ0v) is 15.7. The molecule has 2 aliphatic carbocycles. The predicted octanol–water partition coefficient (Wildman–Crippen LogP) is 5.69. The van der Waals surface area contributed by atoms with Crippen LogP contribution in [-0.4, -0.2) is 5.84 Å². The summed E-state index contributed by atoms with van der Waals surface area (Å²) in [6.45, 7) is 0. The summed E-state index contributed by atoms with van der Waals surface area (Å²) in [4.78, 5) is 0. The average molecular weight is 362 g/mol. The van der Waals surface area contributed by atoms with E-state index in [0.717, 1.165) is 18.4 Å². The predicted molar refractivity (Wildman–Crippen MR) is 116 cm³/mol. The number of amidine groups is 1. The molecule has 0 fully saturated rings. The van der Waals surface area contributed by atoms with Crippen molar-refractivity contribution >= 4 is 11.4 Å². The smallest absolute Gasteiger partial charge is 0.122 e. The van der Waals surface area contributed by atoms with E-state index in [2.05, 4.69) is 72.8 Å². The first-order valence-electron chi connectivity index (χ1n) is 9.72. The second-order valence-corrected chi connectivity index (χ2v) is 7.60. The molecule has 0 heterocycles. The second-order valence-electron chi connectivity index (χ2n) is 7.60. The zero-order chi connectivity index (χ0) is 19.1. The Balaban J connectivity index is 1.51. The molecule has 136 valence electrons. The Labute approximate surface area is 165 Å². The van der Waals surface area contributed by atoms with E-state index in [-0.39, 0.29) is 5.84 Å². The zero-order valence-electron chi connectivity index (χ0n) is 15.7. The van der Waals surface area contributed by atoms with Crippen LogP contribution >= 0.6 is 0 Å². The van der Waals surface area contributed by atoms with Gasteiger partial charge in [-0.25, -0.2) is 0 Å². The molecule has 0 aliphatic heterocycles. The Bertz CT molecular complexity index is 1120. The average Bonchev–Trinajstić information content (AvgIpc) is 3.12. The molecule has 0 amide bonds. The van der Waals surface area contributed by atoms with Gasteiger partial charge in [0.25, 0.3) is 0 Å². The van der Waals surface area contributed by atoms with Crippen molar-refractivity contribution in [2.45, 2.75) is 18.8 Å². The van der Waals surface area contributed by atoms with Crippen LogP contribution in [0.4, 0.5) is 0 Å². The molecule has 0 spiro atoms. The Morgan fingerprint density at radius 3 is 2.36 bits per heavy atom. The van der Waals surface area contributed by atoms with Crippen LogP contribution in [0.15, 0.2) is 90.5 Å². The first kappa shape index (κ1) is 16.8. The molecule has 3 aromatic rings. The van der Waals surface area contributed by atoms with E-state index in [0.29, 0.717) is 5.92 Å². The highest BCUT2D eigenvalue weighted by Crippen LogP contribution is 2.48. The van der Waals surface area contributed by atoms with E-state index in [1.165, 1.54) is 39.0 Å². The van der Waals surface area contributed by atoms with Gasteiger partial charge in [0, 0.05) is 11.5 Å². The molecule has 1 unspecified atom stereocenters. The van der Waals surface area contributed by atoms with Crippen LogP contribution < -0.4 is 5.73 Å². The highest BCUT2D eigenvalue weighted by atomic mass is 14.7. The van der Waals surface area contributed by atoms with Crippen molar-refractivity contribution in [1.82, 2.24) is 0 Å². The van der Waals surface area contributed by atoms with Gasteiger partial charge in [-0.2, -0.15) is 0 Å². The van der Waals surface area contributed by atoms with Crippen molar-refractivity contribution in [2.24, 2.45) is 5.73 Å². The molecule has 0 bridgehead atoms. The van der Waals surface area contributed by atoms with E-state index in [4.69, 9.17) is 11.1 Å². The van der Waals surface area contributed by atoms with Crippen LogP contribution in [0.3, 0.4) is 0 Å². The fourth-order valence-electron chi connectivity index (χ4n) is 4.53. The normalized spacial score (nSPS) is 17.4. The minimum absolute atomic E-state index is 0.112. The minimum Gasteiger partial charge on any atom is -0.384 e. The van der Waals surface area contributed by atoms with E-state index in [1.807, 2.05) is 12.1 Å². The summed E-state index contributed by atoms with van der Waals surface area (Å²) >= 11 is 0. The largest absolute Gasteiger partial charge is 0.384 e. The van der Waals surface area contributed by atoms with E-state index >= 15 is 0 Å². The summed E-state index contributed by atoms with van der Waals surface area (Å²) in [5.41, 5.74) is 16.0. The van der Waals surface area contributed by atoms with E-state index < -0.39 is 0 Å². The van der Waals surface area contributed by atoms with Crippen molar-refractivity contribution in [3.63, 3.8) is 0 Å². The SMILES string of the molecule is N=C(N)c1ccc(-c2cccc3c2CC2=CC=C(c4ccccc4)CC23)cc1. The molecule has 0 radical (unpaired) electrons. The van der Waals surface area contributed by atoms with Gasteiger partial charge in [0.15, 0.2) is 0 Å². The summed E-state index contributed by atoms with van der Waals surface area (Å²) in [7, 11) is 0. The fourth-order valence-corrected chi connectivity index (χ4v) is 4.53. The number of nitrogen functional groups attached to an aromatic ring is 1. The lowest BCUT2D eigenvalue weighted by atomic mass is 9.84. The fraction of sp³-hybridized carbons (Fsp3) is 0.115. The Kier molecular flexibility index (Phi) is 3.98. The van der Waals surface area contributed by atoms with Crippen molar-refractivity contribution in [3.8, 4) is 11.1 Å². The maximum absolute atomic E-state index is 7.60. The van der Waals surface area contributed by atoms with Gasteiger partial charge in [-0.05, 0) is 46.2 Å². The van der Waals surface area contributed by atoms with Crippen molar-refractivity contribution in [2.75, 3.05) is 0 Å². The van der Waals surface area contributed by atoms with Gasteiger partial charge >= 0.3 is 0 Å². The van der Waals surface area contributed by atoms with Crippen LogP contribution in [0.2, 0.25) is 0 Å². The van der Waals surface area contributed by atoms with Gasteiger partial charge in [-0.15, -0.1) is 0 Å². The molecule has 0 saturated heterocycles. The number of rotatable bonds is 3. The first-order chi connectivity index (χ1) is 13.7. The lowest BCUT2D eigenvalue weighted by Gasteiger charge is -2.20. The number of benzene rings is 3. The first-order valence-corrected chi connectivity index (χ1v) is 9.72. The van der Waals surface area contributed by atoms with Gasteiger partial charge in [0.2, 0.25) is 0 Å². The Morgan fingerprint density at radius 1 is 0.821 bits per heavy atom. The summed E-state index contributed by atoms with van der Waals surface area (Å²) in [5.74, 6) is 0.590. The molecule has 0 aromatic heterocycles. The Hall–Kier alpha value is -3.39. The minimum atomic E-state index is 0.112. The molecular weight excluding hydrogens is 340 g/mol. The summed E-state index contributed by atoms with van der Waals surface area (Å²) in [5, 5.41) is 7.60. The number of hydrogen-bond acceptors (Lipinski definition) is 1. The van der Waals surface area contributed by atoms with Gasteiger partial charge in [-0.1, -0.05) is 90.5 Å². The van der Waals surface area contributed by atoms with Gasteiger partial charge in [-0.3, -0.25) is 5.41 Å². The molecule has 2 nitrogen and oxygen atoms in total. The van der Waals surface area contributed by atoms with Crippen LogP contribution in [-0.2, 0) is 6.42 Å². The van der Waals surface area contributed by atoms with Crippen LogP contribution in [0.1, 0.15) is 34.6 Å². The molecule has 2 aliphatic rings. The van der Waals surface area contributed by atoms with Crippen LogP contribution in [0.5, 0.6) is 0 Å². The molecule has 28 heavy (non-hydrogen) atoms. The molecule has 2 heteroatoms. The highest BCUT2D eigenvalue weighted by molar-refractivity contribution is 5.95. The third-order valence-corrected chi connectivity index (χ3v) is 5.99. The Morgan fingerprint density at radius 2 is 1.61 bits per heavy atom.